The van der Waals surface area contributed by atoms with Gasteiger partial charge in [0.2, 0.25) is 0 Å². The average molecular weight is 468 g/mol. The van der Waals surface area contributed by atoms with Crippen LogP contribution in [0.3, 0.4) is 0 Å². The van der Waals surface area contributed by atoms with E-state index in [1.807, 2.05) is 17.5 Å². The van der Waals surface area contributed by atoms with E-state index in [1.165, 1.54) is 17.0 Å². The summed E-state index contributed by atoms with van der Waals surface area (Å²) >= 11 is 4.94. The van der Waals surface area contributed by atoms with Crippen LogP contribution in [-0.2, 0) is 6.42 Å². The summed E-state index contributed by atoms with van der Waals surface area (Å²) in [4.78, 5) is 18.9. The van der Waals surface area contributed by atoms with E-state index < -0.39 is 0 Å². The summed E-state index contributed by atoms with van der Waals surface area (Å²) < 4.78 is 1.07. The SMILES string of the molecule is Cl.Cl.NCCc1nc(C(=O)NC2CCN(c3ccc(Br)cc3)C2)cs1. The highest BCUT2D eigenvalue weighted by Gasteiger charge is 2.25. The highest BCUT2D eigenvalue weighted by Crippen LogP contribution is 2.22. The lowest BCUT2D eigenvalue weighted by molar-refractivity contribution is 0.0936. The number of hydrogen-bond donors (Lipinski definition) is 2. The highest BCUT2D eigenvalue weighted by atomic mass is 79.9. The Balaban J connectivity index is 0.00000156. The summed E-state index contributed by atoms with van der Waals surface area (Å²) in [6.07, 6.45) is 1.67. The Hall–Kier alpha value is -0.860. The van der Waals surface area contributed by atoms with Crippen molar-refractivity contribution in [1.29, 1.82) is 0 Å². The number of halogens is 3. The maximum Gasteiger partial charge on any atom is 0.271 e. The van der Waals surface area contributed by atoms with Crippen molar-refractivity contribution in [2.75, 3.05) is 24.5 Å². The minimum absolute atomic E-state index is 0. The zero-order valence-electron chi connectivity index (χ0n) is 13.5. The second-order valence-corrected chi connectivity index (χ2v) is 7.40. The van der Waals surface area contributed by atoms with Gasteiger partial charge in [-0.15, -0.1) is 36.2 Å². The fourth-order valence-corrected chi connectivity index (χ4v) is 3.74. The van der Waals surface area contributed by atoms with Gasteiger partial charge in [-0.05, 0) is 37.2 Å². The molecule has 1 fully saturated rings. The topological polar surface area (TPSA) is 71.2 Å². The molecule has 0 saturated carbocycles. The van der Waals surface area contributed by atoms with Crippen molar-refractivity contribution in [2.24, 2.45) is 5.73 Å². The summed E-state index contributed by atoms with van der Waals surface area (Å²) in [7, 11) is 0. The second-order valence-electron chi connectivity index (χ2n) is 5.55. The largest absolute Gasteiger partial charge is 0.369 e. The number of aromatic nitrogens is 1. The smallest absolute Gasteiger partial charge is 0.271 e. The van der Waals surface area contributed by atoms with Crippen LogP contribution in [0.25, 0.3) is 0 Å². The Labute approximate surface area is 172 Å². The van der Waals surface area contributed by atoms with Crippen molar-refractivity contribution >= 4 is 63.7 Å². The highest BCUT2D eigenvalue weighted by molar-refractivity contribution is 9.10. The molecule has 25 heavy (non-hydrogen) atoms. The van der Waals surface area contributed by atoms with E-state index in [9.17, 15) is 4.79 Å². The minimum Gasteiger partial charge on any atom is -0.369 e. The third kappa shape index (κ3) is 5.82. The van der Waals surface area contributed by atoms with Gasteiger partial charge in [-0.2, -0.15) is 0 Å². The molecule has 1 amide bonds. The molecule has 9 heteroatoms. The van der Waals surface area contributed by atoms with Crippen LogP contribution >= 0.6 is 52.1 Å². The summed E-state index contributed by atoms with van der Waals surface area (Å²) in [6.45, 7) is 2.33. The van der Waals surface area contributed by atoms with Crippen LogP contribution in [0.1, 0.15) is 21.9 Å². The molecule has 1 unspecified atom stereocenters. The minimum atomic E-state index is -0.0906. The number of amides is 1. The van der Waals surface area contributed by atoms with Crippen molar-refractivity contribution in [3.63, 3.8) is 0 Å². The number of carbonyl (C=O) groups is 1. The molecular weight excluding hydrogens is 447 g/mol. The lowest BCUT2D eigenvalue weighted by Gasteiger charge is -2.19. The van der Waals surface area contributed by atoms with Gasteiger partial charge in [0.05, 0.1) is 5.01 Å². The van der Waals surface area contributed by atoms with E-state index in [1.54, 1.807) is 0 Å². The van der Waals surface area contributed by atoms with Crippen LogP contribution < -0.4 is 16.0 Å². The van der Waals surface area contributed by atoms with Gasteiger partial charge in [0.1, 0.15) is 5.69 Å². The van der Waals surface area contributed by atoms with Gasteiger partial charge >= 0.3 is 0 Å². The first-order valence-electron chi connectivity index (χ1n) is 7.61. The molecule has 1 saturated heterocycles. The van der Waals surface area contributed by atoms with Crippen LogP contribution in [0.15, 0.2) is 34.1 Å². The van der Waals surface area contributed by atoms with E-state index in [4.69, 9.17) is 5.73 Å². The molecular formula is C16H21BrCl2N4OS. The fraction of sp³-hybridized carbons (Fsp3) is 0.375. The quantitative estimate of drug-likeness (QED) is 0.707. The number of hydrogen-bond acceptors (Lipinski definition) is 5. The first kappa shape index (κ1) is 22.2. The first-order valence-corrected chi connectivity index (χ1v) is 9.29. The molecule has 3 rings (SSSR count). The number of nitrogens with two attached hydrogens (primary N) is 1. The van der Waals surface area contributed by atoms with Crippen molar-refractivity contribution in [3.8, 4) is 0 Å². The van der Waals surface area contributed by atoms with Gasteiger partial charge in [-0.25, -0.2) is 4.98 Å². The number of thiazole rings is 1. The summed E-state index contributed by atoms with van der Waals surface area (Å²) in [5.74, 6) is -0.0906. The molecule has 0 bridgehead atoms. The van der Waals surface area contributed by atoms with Crippen LogP contribution in [0, 0.1) is 0 Å². The van der Waals surface area contributed by atoms with Crippen molar-refractivity contribution in [2.45, 2.75) is 18.9 Å². The van der Waals surface area contributed by atoms with Gasteiger partial charge in [-0.3, -0.25) is 4.79 Å². The molecule has 0 aliphatic carbocycles. The second kappa shape index (κ2) is 10.3. The maximum atomic E-state index is 12.3. The van der Waals surface area contributed by atoms with Gasteiger partial charge in [0.15, 0.2) is 0 Å². The molecule has 1 aliphatic rings. The molecule has 2 heterocycles. The van der Waals surface area contributed by atoms with Crippen LogP contribution in [-0.4, -0.2) is 36.6 Å². The number of carbonyl (C=O) groups excluding carboxylic acids is 1. The zero-order valence-corrected chi connectivity index (χ0v) is 17.5. The average Bonchev–Trinajstić information content (AvgIpc) is 3.18. The fourth-order valence-electron chi connectivity index (χ4n) is 2.68. The van der Waals surface area contributed by atoms with E-state index in [-0.39, 0.29) is 36.8 Å². The van der Waals surface area contributed by atoms with Crippen molar-refractivity contribution in [3.05, 3.63) is 44.8 Å². The molecule has 0 radical (unpaired) electrons. The number of rotatable bonds is 5. The summed E-state index contributed by atoms with van der Waals surface area (Å²) in [5, 5.41) is 5.81. The third-order valence-electron chi connectivity index (χ3n) is 3.86. The third-order valence-corrected chi connectivity index (χ3v) is 5.30. The van der Waals surface area contributed by atoms with E-state index in [2.05, 4.69) is 43.3 Å². The molecule has 5 nitrogen and oxygen atoms in total. The summed E-state index contributed by atoms with van der Waals surface area (Å²) in [6, 6.07) is 8.41. The molecule has 1 aromatic carbocycles. The van der Waals surface area contributed by atoms with E-state index in [0.717, 1.165) is 35.4 Å². The molecule has 1 atom stereocenters. The first-order chi connectivity index (χ1) is 11.2. The molecule has 2 aromatic rings. The molecule has 1 aromatic heterocycles. The van der Waals surface area contributed by atoms with Gasteiger partial charge in [0, 0.05) is 41.1 Å². The molecule has 0 spiro atoms. The monoisotopic (exact) mass is 466 g/mol. The van der Waals surface area contributed by atoms with Gasteiger partial charge < -0.3 is 16.0 Å². The lowest BCUT2D eigenvalue weighted by atomic mass is 10.2. The number of anilines is 1. The Kier molecular flexibility index (Phi) is 9.16. The lowest BCUT2D eigenvalue weighted by Crippen LogP contribution is -2.37. The van der Waals surface area contributed by atoms with E-state index >= 15 is 0 Å². The summed E-state index contributed by atoms with van der Waals surface area (Å²) in [5.41, 5.74) is 7.20. The van der Waals surface area contributed by atoms with Crippen LogP contribution in [0.4, 0.5) is 5.69 Å². The Morgan fingerprint density at radius 3 is 2.76 bits per heavy atom. The standard InChI is InChI=1S/C16H19BrN4OS.2ClH/c17-11-1-3-13(4-2-11)21-8-6-12(9-21)19-16(22)14-10-23-15(20-14)5-7-18;;/h1-4,10,12H,5-9,18H2,(H,19,22);2*1H. The van der Waals surface area contributed by atoms with Crippen LogP contribution in [0.2, 0.25) is 0 Å². The molecule has 3 N–H and O–H groups in total. The zero-order chi connectivity index (χ0) is 16.2. The normalized spacial score (nSPS) is 16.1. The molecule has 1 aliphatic heterocycles. The molecule has 138 valence electrons. The van der Waals surface area contributed by atoms with Gasteiger partial charge in [0.25, 0.3) is 5.91 Å². The predicted octanol–water partition coefficient (Wildman–Crippen LogP) is 3.26. The Morgan fingerprint density at radius 1 is 1.36 bits per heavy atom. The predicted molar refractivity (Wildman–Crippen MR) is 112 cm³/mol. The number of nitrogens with zero attached hydrogens (tertiary/aromatic N) is 2. The number of nitrogens with one attached hydrogen (secondary N) is 1. The number of benzene rings is 1. The van der Waals surface area contributed by atoms with Crippen LogP contribution in [0.5, 0.6) is 0 Å². The van der Waals surface area contributed by atoms with Crippen molar-refractivity contribution < 1.29 is 4.79 Å². The Bertz CT molecular complexity index is 683. The van der Waals surface area contributed by atoms with Gasteiger partial charge in [-0.1, -0.05) is 15.9 Å². The maximum absolute atomic E-state index is 12.3. The van der Waals surface area contributed by atoms with E-state index in [0.29, 0.717) is 12.2 Å². The Morgan fingerprint density at radius 2 is 2.08 bits per heavy atom. The van der Waals surface area contributed by atoms with Crippen molar-refractivity contribution in [1.82, 2.24) is 10.3 Å².